The zero-order valence-corrected chi connectivity index (χ0v) is 12.0. The first-order chi connectivity index (χ1) is 10.4. The van der Waals surface area contributed by atoms with Gasteiger partial charge in [-0.25, -0.2) is 0 Å². The van der Waals surface area contributed by atoms with Gasteiger partial charge in [0.05, 0.1) is 18.4 Å². The van der Waals surface area contributed by atoms with Crippen LogP contribution in [0.1, 0.15) is 43.0 Å². The number of furan rings is 1. The highest BCUT2D eigenvalue weighted by molar-refractivity contribution is 5.26. The molecular formula is C18H20N2O. The van der Waals surface area contributed by atoms with E-state index in [0.717, 1.165) is 31.4 Å². The van der Waals surface area contributed by atoms with Gasteiger partial charge in [-0.1, -0.05) is 36.8 Å². The van der Waals surface area contributed by atoms with E-state index in [1.807, 2.05) is 30.3 Å². The number of rotatable bonds is 4. The second kappa shape index (κ2) is 6.60. The van der Waals surface area contributed by atoms with Crippen molar-refractivity contribution in [2.75, 3.05) is 0 Å². The van der Waals surface area contributed by atoms with Gasteiger partial charge in [-0.3, -0.25) is 0 Å². The quantitative estimate of drug-likeness (QED) is 0.919. The summed E-state index contributed by atoms with van der Waals surface area (Å²) in [5.41, 5.74) is 1.20. The fourth-order valence-corrected chi connectivity index (χ4v) is 3.14. The lowest BCUT2D eigenvalue weighted by atomic mass is 9.86. The first-order valence-corrected chi connectivity index (χ1v) is 7.61. The van der Waals surface area contributed by atoms with Crippen molar-refractivity contribution in [1.82, 2.24) is 5.32 Å². The van der Waals surface area contributed by atoms with Crippen LogP contribution in [0.4, 0.5) is 0 Å². The van der Waals surface area contributed by atoms with Crippen molar-refractivity contribution >= 4 is 0 Å². The van der Waals surface area contributed by atoms with Gasteiger partial charge in [0.2, 0.25) is 0 Å². The Bertz CT molecular complexity index is 585. The smallest absolute Gasteiger partial charge is 0.125 e. The molecule has 0 unspecified atom stereocenters. The van der Waals surface area contributed by atoms with Crippen LogP contribution < -0.4 is 5.32 Å². The molecule has 0 aliphatic heterocycles. The van der Waals surface area contributed by atoms with Crippen molar-refractivity contribution in [3.63, 3.8) is 0 Å². The van der Waals surface area contributed by atoms with Gasteiger partial charge in [-0.15, -0.1) is 0 Å². The minimum absolute atomic E-state index is 0.0589. The number of nitrogens with one attached hydrogen (secondary N) is 1. The average Bonchev–Trinajstić information content (AvgIpc) is 3.08. The van der Waals surface area contributed by atoms with Crippen LogP contribution in [0.2, 0.25) is 0 Å². The third kappa shape index (κ3) is 3.34. The van der Waals surface area contributed by atoms with Crippen LogP contribution in [0.3, 0.4) is 0 Å². The Kier molecular flexibility index (Phi) is 4.37. The van der Waals surface area contributed by atoms with E-state index in [4.69, 9.17) is 9.68 Å². The molecule has 1 aromatic heterocycles. The van der Waals surface area contributed by atoms with Crippen molar-refractivity contribution in [2.45, 2.75) is 37.8 Å². The summed E-state index contributed by atoms with van der Waals surface area (Å²) < 4.78 is 5.62. The predicted octanol–water partition coefficient (Wildman–Crippen LogP) is 4.04. The van der Waals surface area contributed by atoms with Gasteiger partial charge in [0.15, 0.2) is 0 Å². The molecule has 3 nitrogen and oxygen atoms in total. The molecule has 1 aliphatic carbocycles. The molecule has 0 bridgehead atoms. The van der Waals surface area contributed by atoms with E-state index < -0.39 is 0 Å². The lowest BCUT2D eigenvalue weighted by Crippen LogP contribution is -2.37. The standard InChI is InChI=1S/C18H20N2O/c19-13-14-6-4-9-16(12-14)20-18(17-10-5-11-21-17)15-7-2-1-3-8-15/h1-3,5,7-8,10-11,14,16,18,20H,4,6,9,12H2/t14-,16-,18-/m1/s1. The zero-order chi connectivity index (χ0) is 14.5. The largest absolute Gasteiger partial charge is 0.467 e. The predicted molar refractivity (Wildman–Crippen MR) is 81.5 cm³/mol. The molecule has 3 rings (SSSR count). The van der Waals surface area contributed by atoms with E-state index in [0.29, 0.717) is 6.04 Å². The van der Waals surface area contributed by atoms with Crippen molar-refractivity contribution in [1.29, 1.82) is 5.26 Å². The Morgan fingerprint density at radius 3 is 2.71 bits per heavy atom. The van der Waals surface area contributed by atoms with E-state index in [1.54, 1.807) is 6.26 Å². The van der Waals surface area contributed by atoms with Gasteiger partial charge >= 0.3 is 0 Å². The molecule has 0 saturated heterocycles. The van der Waals surface area contributed by atoms with Crippen molar-refractivity contribution in [2.24, 2.45) is 5.92 Å². The van der Waals surface area contributed by atoms with Crippen LogP contribution in [0.5, 0.6) is 0 Å². The summed E-state index contributed by atoms with van der Waals surface area (Å²) in [7, 11) is 0. The van der Waals surface area contributed by atoms with E-state index >= 15 is 0 Å². The fourth-order valence-electron chi connectivity index (χ4n) is 3.14. The SMILES string of the molecule is N#C[C@@H]1CCC[C@@H](N[C@H](c2ccccc2)c2ccco2)C1. The summed E-state index contributed by atoms with van der Waals surface area (Å²) in [5.74, 6) is 1.12. The molecule has 0 amide bonds. The number of nitriles is 1. The molecule has 1 fully saturated rings. The van der Waals surface area contributed by atoms with Crippen LogP contribution in [0, 0.1) is 17.2 Å². The fraction of sp³-hybridized carbons (Fsp3) is 0.389. The summed E-state index contributed by atoms with van der Waals surface area (Å²) in [6, 6.07) is 17.1. The maximum absolute atomic E-state index is 9.15. The molecule has 3 heteroatoms. The van der Waals surface area contributed by atoms with E-state index in [9.17, 15) is 0 Å². The highest BCUT2D eigenvalue weighted by Crippen LogP contribution is 2.28. The second-order valence-electron chi connectivity index (χ2n) is 5.72. The van der Waals surface area contributed by atoms with E-state index in [2.05, 4.69) is 23.5 Å². The molecule has 0 radical (unpaired) electrons. The Labute approximate surface area is 125 Å². The number of benzene rings is 1. The number of nitrogens with zero attached hydrogens (tertiary/aromatic N) is 1. The van der Waals surface area contributed by atoms with Gasteiger partial charge in [0, 0.05) is 12.0 Å². The van der Waals surface area contributed by atoms with E-state index in [1.165, 1.54) is 5.56 Å². The molecule has 2 aromatic rings. The molecule has 3 atom stereocenters. The molecule has 1 saturated carbocycles. The second-order valence-corrected chi connectivity index (χ2v) is 5.72. The lowest BCUT2D eigenvalue weighted by molar-refractivity contribution is 0.300. The summed E-state index contributed by atoms with van der Waals surface area (Å²) in [6.07, 6.45) is 5.93. The van der Waals surface area contributed by atoms with Crippen LogP contribution in [0.25, 0.3) is 0 Å². The topological polar surface area (TPSA) is 49.0 Å². The highest BCUT2D eigenvalue weighted by atomic mass is 16.3. The van der Waals surface area contributed by atoms with Crippen LogP contribution in [0.15, 0.2) is 53.1 Å². The molecule has 1 N–H and O–H groups in total. The maximum atomic E-state index is 9.15. The summed E-state index contributed by atoms with van der Waals surface area (Å²) in [6.45, 7) is 0. The van der Waals surface area contributed by atoms with Gasteiger partial charge in [0.25, 0.3) is 0 Å². The molecule has 1 aromatic carbocycles. The van der Waals surface area contributed by atoms with Crippen LogP contribution >= 0.6 is 0 Å². The maximum Gasteiger partial charge on any atom is 0.125 e. The molecule has 21 heavy (non-hydrogen) atoms. The zero-order valence-electron chi connectivity index (χ0n) is 12.0. The molecule has 1 aliphatic rings. The Hall–Kier alpha value is -2.05. The highest BCUT2D eigenvalue weighted by Gasteiger charge is 2.26. The van der Waals surface area contributed by atoms with Gasteiger partial charge in [-0.05, 0) is 37.0 Å². The minimum atomic E-state index is 0.0589. The average molecular weight is 280 g/mol. The summed E-state index contributed by atoms with van der Waals surface area (Å²) in [4.78, 5) is 0. The molecule has 1 heterocycles. The number of hydrogen-bond donors (Lipinski definition) is 1. The van der Waals surface area contributed by atoms with Crippen LogP contribution in [-0.4, -0.2) is 6.04 Å². The number of hydrogen-bond acceptors (Lipinski definition) is 3. The summed E-state index contributed by atoms with van der Waals surface area (Å²) >= 11 is 0. The minimum Gasteiger partial charge on any atom is -0.467 e. The van der Waals surface area contributed by atoms with Gasteiger partial charge < -0.3 is 9.73 Å². The first-order valence-electron chi connectivity index (χ1n) is 7.61. The van der Waals surface area contributed by atoms with Crippen LogP contribution in [-0.2, 0) is 0 Å². The molecule has 108 valence electrons. The normalized spacial score (nSPS) is 23.4. The van der Waals surface area contributed by atoms with E-state index in [-0.39, 0.29) is 12.0 Å². The van der Waals surface area contributed by atoms with Crippen molar-refractivity contribution < 1.29 is 4.42 Å². The lowest BCUT2D eigenvalue weighted by Gasteiger charge is -2.30. The van der Waals surface area contributed by atoms with Crippen molar-refractivity contribution in [3.8, 4) is 6.07 Å². The third-order valence-electron chi connectivity index (χ3n) is 4.22. The summed E-state index contributed by atoms with van der Waals surface area (Å²) in [5, 5.41) is 12.8. The first kappa shape index (κ1) is 13.9. The molecular weight excluding hydrogens is 260 g/mol. The monoisotopic (exact) mass is 280 g/mol. The molecule has 0 spiro atoms. The Morgan fingerprint density at radius 1 is 1.14 bits per heavy atom. The Morgan fingerprint density at radius 2 is 2.00 bits per heavy atom. The van der Waals surface area contributed by atoms with Gasteiger partial charge in [0.1, 0.15) is 5.76 Å². The van der Waals surface area contributed by atoms with Crippen molar-refractivity contribution in [3.05, 3.63) is 60.1 Å². The van der Waals surface area contributed by atoms with Gasteiger partial charge in [-0.2, -0.15) is 5.26 Å². The Balaban J connectivity index is 1.79. The third-order valence-corrected chi connectivity index (χ3v) is 4.22.